The number of benzene rings is 1. The van der Waals surface area contributed by atoms with Gasteiger partial charge in [0.25, 0.3) is 0 Å². The number of carbonyl (C=O) groups is 1. The summed E-state index contributed by atoms with van der Waals surface area (Å²) in [5.41, 5.74) is 0.889. The molecule has 1 N–H and O–H groups in total. The van der Waals surface area contributed by atoms with Crippen molar-refractivity contribution >= 4 is 51.6 Å². The van der Waals surface area contributed by atoms with Crippen LogP contribution in [0.2, 0.25) is 5.02 Å². The first-order valence-corrected chi connectivity index (χ1v) is 8.69. The van der Waals surface area contributed by atoms with E-state index in [2.05, 4.69) is 10.2 Å². The number of nitrogens with one attached hydrogen (secondary N) is 1. The Morgan fingerprint density at radius 2 is 2.05 bits per heavy atom. The first-order valence-electron chi connectivity index (χ1n) is 6.68. The van der Waals surface area contributed by atoms with E-state index in [1.54, 1.807) is 18.2 Å². The fourth-order valence-electron chi connectivity index (χ4n) is 2.05. The number of hydrogen-bond acceptors (Lipinski definition) is 6. The van der Waals surface area contributed by atoms with E-state index in [1.165, 1.54) is 23.1 Å². The number of aromatic nitrogens is 2. The maximum absolute atomic E-state index is 12.6. The third kappa shape index (κ3) is 2.99. The Morgan fingerprint density at radius 3 is 2.68 bits per heavy atom. The molecule has 1 aliphatic rings. The van der Waals surface area contributed by atoms with Crippen LogP contribution in [0.1, 0.15) is 28.4 Å². The predicted molar refractivity (Wildman–Crippen MR) is 91.8 cm³/mol. The number of carbonyl (C=O) groups excluding carboxylic acids is 1. The van der Waals surface area contributed by atoms with Gasteiger partial charge in [0, 0.05) is 5.02 Å². The number of ketones is 1. The zero-order chi connectivity index (χ0) is 15.7. The number of Topliss-reactive ketones (excluding diaryl/α,β-unsaturated/α-hetero) is 1. The molecule has 7 heteroatoms. The maximum atomic E-state index is 12.6. The van der Waals surface area contributed by atoms with Gasteiger partial charge in [0.2, 0.25) is 0 Å². The van der Waals surface area contributed by atoms with E-state index >= 15 is 0 Å². The number of halogens is 1. The number of rotatable bonds is 3. The Kier molecular flexibility index (Phi) is 4.42. The molecule has 0 spiro atoms. The normalized spacial score (nSPS) is 20.1. The van der Waals surface area contributed by atoms with E-state index in [4.69, 9.17) is 17.0 Å². The number of thioether (sulfide) groups is 1. The molecule has 1 fully saturated rings. The van der Waals surface area contributed by atoms with Gasteiger partial charge in [-0.05, 0) is 30.2 Å². The molecule has 1 saturated heterocycles. The molecular weight excluding hydrogens is 338 g/mol. The number of aryl methyl sites for hydroxylation is 1. The molecule has 2 heterocycles. The lowest BCUT2D eigenvalue weighted by Gasteiger charge is -2.00. The molecular formula is C15H12ClN3OS2. The van der Waals surface area contributed by atoms with Gasteiger partial charge in [-0.3, -0.25) is 10.2 Å². The maximum Gasteiger partial charge on any atom is 0.186 e. The smallest absolute Gasteiger partial charge is 0.186 e. The van der Waals surface area contributed by atoms with Crippen molar-refractivity contribution in [2.45, 2.75) is 19.3 Å². The molecule has 2 aromatic rings. The average Bonchev–Trinajstić information content (AvgIpc) is 3.07. The Hall–Kier alpha value is -1.50. The van der Waals surface area contributed by atoms with Crippen molar-refractivity contribution in [3.05, 3.63) is 49.8 Å². The van der Waals surface area contributed by atoms with Gasteiger partial charge in [-0.15, -0.1) is 21.5 Å². The van der Waals surface area contributed by atoms with Crippen molar-refractivity contribution in [2.75, 3.05) is 0 Å². The van der Waals surface area contributed by atoms with Crippen LogP contribution in [0.5, 0.6) is 0 Å². The Bertz CT molecular complexity index is 767. The van der Waals surface area contributed by atoms with Crippen LogP contribution >= 0.6 is 34.7 Å². The summed E-state index contributed by atoms with van der Waals surface area (Å²) in [6, 6.07) is 7.25. The number of allylic oxidation sites excluding steroid dienone is 1. The molecule has 22 heavy (non-hydrogen) atoms. The van der Waals surface area contributed by atoms with Crippen molar-refractivity contribution in [2.24, 2.45) is 0 Å². The van der Waals surface area contributed by atoms with Gasteiger partial charge < -0.3 is 0 Å². The highest BCUT2D eigenvalue weighted by molar-refractivity contribution is 8.19. The first-order chi connectivity index (χ1) is 10.6. The summed E-state index contributed by atoms with van der Waals surface area (Å²) < 4.78 is 0. The summed E-state index contributed by atoms with van der Waals surface area (Å²) in [4.78, 5) is 13.1. The van der Waals surface area contributed by atoms with Crippen molar-refractivity contribution in [1.29, 1.82) is 5.41 Å². The molecule has 0 amide bonds. The van der Waals surface area contributed by atoms with Crippen LogP contribution in [0.25, 0.3) is 6.08 Å². The quantitative estimate of drug-likeness (QED) is 0.844. The van der Waals surface area contributed by atoms with Crippen molar-refractivity contribution in [3.8, 4) is 0 Å². The molecule has 0 saturated carbocycles. The lowest BCUT2D eigenvalue weighted by Crippen LogP contribution is -2.11. The molecule has 0 radical (unpaired) electrons. The van der Waals surface area contributed by atoms with Crippen LogP contribution in [0.15, 0.2) is 29.2 Å². The molecule has 3 rings (SSSR count). The fraction of sp³-hybridized carbons (Fsp3) is 0.200. The molecule has 112 valence electrons. The monoisotopic (exact) mass is 349 g/mol. The molecule has 1 aromatic heterocycles. The van der Waals surface area contributed by atoms with Gasteiger partial charge in [0.15, 0.2) is 5.78 Å². The zero-order valence-corrected chi connectivity index (χ0v) is 14.1. The minimum Gasteiger partial charge on any atom is -0.297 e. The van der Waals surface area contributed by atoms with Crippen LogP contribution in [0, 0.1) is 5.41 Å². The lowest BCUT2D eigenvalue weighted by molar-refractivity contribution is -0.114. The molecule has 1 atom stereocenters. The number of nitrogens with zero attached hydrogens (tertiary/aromatic N) is 2. The van der Waals surface area contributed by atoms with E-state index in [9.17, 15) is 4.79 Å². The summed E-state index contributed by atoms with van der Waals surface area (Å²) in [5.74, 6) is -0.676. The molecule has 4 nitrogen and oxygen atoms in total. The van der Waals surface area contributed by atoms with Gasteiger partial charge in [0.1, 0.15) is 15.9 Å². The van der Waals surface area contributed by atoms with Gasteiger partial charge in [-0.2, -0.15) is 0 Å². The molecule has 0 aliphatic carbocycles. The van der Waals surface area contributed by atoms with E-state index in [0.717, 1.165) is 17.0 Å². The second kappa shape index (κ2) is 6.32. The molecule has 1 unspecified atom stereocenters. The lowest BCUT2D eigenvalue weighted by atomic mass is 10.1. The fourth-order valence-corrected chi connectivity index (χ4v) is 4.13. The summed E-state index contributed by atoms with van der Waals surface area (Å²) in [7, 11) is 0. The first kappa shape index (κ1) is 15.4. The Morgan fingerprint density at radius 1 is 1.32 bits per heavy atom. The zero-order valence-electron chi connectivity index (χ0n) is 11.7. The van der Waals surface area contributed by atoms with Gasteiger partial charge >= 0.3 is 0 Å². The van der Waals surface area contributed by atoms with E-state index < -0.39 is 5.92 Å². The highest BCUT2D eigenvalue weighted by Crippen LogP contribution is 2.41. The van der Waals surface area contributed by atoms with E-state index in [-0.39, 0.29) is 5.78 Å². The Balaban J connectivity index is 1.89. The van der Waals surface area contributed by atoms with Crippen LogP contribution in [0.3, 0.4) is 0 Å². The van der Waals surface area contributed by atoms with Crippen LogP contribution < -0.4 is 0 Å². The summed E-state index contributed by atoms with van der Waals surface area (Å²) >= 11 is 8.46. The van der Waals surface area contributed by atoms with E-state index in [1.807, 2.05) is 19.1 Å². The second-order valence-corrected chi connectivity index (χ2v) is 7.33. The summed E-state index contributed by atoms with van der Waals surface area (Å²) in [6.07, 6.45) is 2.58. The summed E-state index contributed by atoms with van der Waals surface area (Å²) in [6.45, 7) is 1.99. The van der Waals surface area contributed by atoms with Crippen LogP contribution in [-0.2, 0) is 11.2 Å². The van der Waals surface area contributed by atoms with Crippen LogP contribution in [0.4, 0.5) is 0 Å². The van der Waals surface area contributed by atoms with Crippen molar-refractivity contribution in [1.82, 2.24) is 10.2 Å². The van der Waals surface area contributed by atoms with Crippen molar-refractivity contribution < 1.29 is 4.79 Å². The SMILES string of the molecule is CCc1nnc(C2C(=N)SC(=Cc3ccc(Cl)cc3)C2=O)s1. The summed E-state index contributed by atoms with van der Waals surface area (Å²) in [5, 5.41) is 18.7. The third-order valence-corrected chi connectivity index (χ3v) is 5.57. The van der Waals surface area contributed by atoms with Crippen LogP contribution in [-0.4, -0.2) is 21.0 Å². The van der Waals surface area contributed by atoms with Gasteiger partial charge in [-0.25, -0.2) is 0 Å². The minimum atomic E-state index is -0.596. The largest absolute Gasteiger partial charge is 0.297 e. The third-order valence-electron chi connectivity index (χ3n) is 3.19. The predicted octanol–water partition coefficient (Wildman–Crippen LogP) is 4.17. The number of hydrogen-bond donors (Lipinski definition) is 1. The van der Waals surface area contributed by atoms with Crippen molar-refractivity contribution in [3.63, 3.8) is 0 Å². The second-order valence-electron chi connectivity index (χ2n) is 4.71. The standard InChI is InChI=1S/C15H12ClN3OS2/c1-2-11-18-19-15(22-11)12-13(20)10(21-14(12)17)7-8-3-5-9(16)6-4-8/h3-7,12,17H,2H2,1H3. The minimum absolute atomic E-state index is 0.0799. The topological polar surface area (TPSA) is 66.7 Å². The molecule has 1 aromatic carbocycles. The van der Waals surface area contributed by atoms with Gasteiger partial charge in [0.05, 0.1) is 9.95 Å². The Labute approximate surface area is 141 Å². The highest BCUT2D eigenvalue weighted by atomic mass is 35.5. The molecule has 0 bridgehead atoms. The van der Waals surface area contributed by atoms with E-state index in [0.29, 0.717) is 20.0 Å². The molecule has 1 aliphatic heterocycles. The highest BCUT2D eigenvalue weighted by Gasteiger charge is 2.39. The average molecular weight is 350 g/mol. The van der Waals surface area contributed by atoms with Gasteiger partial charge in [-0.1, -0.05) is 42.4 Å².